The van der Waals surface area contributed by atoms with Crippen LogP contribution in [0.2, 0.25) is 0 Å². The second-order valence-electron chi connectivity index (χ2n) is 12.3. The van der Waals surface area contributed by atoms with Gasteiger partial charge in [-0.2, -0.15) is 20.7 Å². The summed E-state index contributed by atoms with van der Waals surface area (Å²) >= 11 is 0. The number of nitrogen functional groups attached to an aromatic ring is 1. The Kier molecular flexibility index (Phi) is 12.3. The van der Waals surface area contributed by atoms with Gasteiger partial charge in [0, 0.05) is 41.2 Å². The number of ether oxygens (including phenoxy) is 2. The quantitative estimate of drug-likeness (QED) is 0.0561. The molecule has 0 aliphatic heterocycles. The maximum atomic E-state index is 15.2. The summed E-state index contributed by atoms with van der Waals surface area (Å²) in [7, 11) is 0. The van der Waals surface area contributed by atoms with E-state index in [1.807, 2.05) is 12.1 Å². The topological polar surface area (TPSA) is 235 Å². The summed E-state index contributed by atoms with van der Waals surface area (Å²) in [5, 5.41) is 41.9. The fraction of sp³-hybridized carbons (Fsp3) is 0.100. The smallest absolute Gasteiger partial charge is 0.314 e. The van der Waals surface area contributed by atoms with E-state index < -0.39 is 28.0 Å². The van der Waals surface area contributed by atoms with Crippen molar-refractivity contribution in [2.45, 2.75) is 26.7 Å². The van der Waals surface area contributed by atoms with E-state index in [-0.39, 0.29) is 80.5 Å². The molecule has 16 nitrogen and oxygen atoms in total. The van der Waals surface area contributed by atoms with Crippen molar-refractivity contribution in [1.29, 1.82) is 10.5 Å². The summed E-state index contributed by atoms with van der Waals surface area (Å²) < 4.78 is 41.2. The number of hydrogen-bond acceptors (Lipinski definition) is 11. The number of aryl methyl sites for hydroxylation is 2. The molecule has 0 aliphatic carbocycles. The first-order valence-electron chi connectivity index (χ1n) is 16.6. The van der Waals surface area contributed by atoms with E-state index in [9.17, 15) is 19.7 Å². The van der Waals surface area contributed by atoms with Gasteiger partial charge in [-0.05, 0) is 85.6 Å². The monoisotopic (exact) mass is 780 g/mol. The van der Waals surface area contributed by atoms with Gasteiger partial charge in [0.25, 0.3) is 11.1 Å². The van der Waals surface area contributed by atoms with Crippen molar-refractivity contribution in [3.8, 4) is 35.1 Å². The van der Waals surface area contributed by atoms with E-state index in [4.69, 9.17) is 38.9 Å². The number of halogens is 2. The van der Waals surface area contributed by atoms with Gasteiger partial charge >= 0.3 is 5.69 Å². The van der Waals surface area contributed by atoms with Crippen molar-refractivity contribution < 1.29 is 23.2 Å². The molecule has 6 rings (SSSR count). The molecule has 2 aromatic heterocycles. The molecule has 58 heavy (non-hydrogen) atoms. The second-order valence-corrected chi connectivity index (χ2v) is 12.3. The predicted octanol–water partition coefficient (Wildman–Crippen LogP) is 7.54. The fourth-order valence-electron chi connectivity index (χ4n) is 5.28. The standard InChI is InChI=1S/C20H12FN5O4.C20H14FN5O2/c1-11-5-15(24-25-20(11)27)8-13-3-4-17(26(28)29)19(18(13)21)30-16-7-12(10-22)6-14(9-16)23-2;1-11-5-15(25-26-20(11)27)8-13-3-4-17(23)19(18(13)21)28-16-7-12(10-22)6-14(9-16)24-2/h3-7,9H,8H2,1H3,(H,25,27);3-7,9H,8,23H2,1H3,(H,26,27). The summed E-state index contributed by atoms with van der Waals surface area (Å²) in [6.07, 6.45) is 0.0645. The molecule has 4 aromatic carbocycles. The number of anilines is 1. The van der Waals surface area contributed by atoms with Crippen LogP contribution in [-0.4, -0.2) is 25.3 Å². The molecule has 0 saturated heterocycles. The number of nitrogens with one attached hydrogen (secondary N) is 2. The van der Waals surface area contributed by atoms with Gasteiger partial charge in [-0.1, -0.05) is 6.07 Å². The van der Waals surface area contributed by atoms with Crippen molar-refractivity contribution in [3.63, 3.8) is 0 Å². The van der Waals surface area contributed by atoms with Gasteiger partial charge in [-0.25, -0.2) is 28.7 Å². The lowest BCUT2D eigenvalue weighted by molar-refractivity contribution is -0.385. The molecule has 0 spiro atoms. The van der Waals surface area contributed by atoms with Crippen molar-refractivity contribution in [2.75, 3.05) is 5.73 Å². The van der Waals surface area contributed by atoms with Crippen LogP contribution in [0.15, 0.2) is 82.4 Å². The van der Waals surface area contributed by atoms with Gasteiger partial charge in [0.2, 0.25) is 5.75 Å². The van der Waals surface area contributed by atoms with Crippen molar-refractivity contribution in [2.24, 2.45) is 0 Å². The summed E-state index contributed by atoms with van der Waals surface area (Å²) in [6.45, 7) is 17.4. The molecule has 0 aliphatic rings. The fourth-order valence-corrected chi connectivity index (χ4v) is 5.28. The summed E-state index contributed by atoms with van der Waals surface area (Å²) in [5.41, 5.74) is 7.21. The lowest BCUT2D eigenvalue weighted by Gasteiger charge is -2.13. The number of nitro benzene ring substituents is 1. The van der Waals surface area contributed by atoms with Crippen LogP contribution >= 0.6 is 0 Å². The van der Waals surface area contributed by atoms with Crippen molar-refractivity contribution in [3.05, 3.63) is 183 Å². The number of nitro groups is 1. The van der Waals surface area contributed by atoms with E-state index in [2.05, 4.69) is 30.1 Å². The molecule has 286 valence electrons. The van der Waals surface area contributed by atoms with E-state index in [0.29, 0.717) is 22.5 Å². The second kappa shape index (κ2) is 17.6. The van der Waals surface area contributed by atoms with Gasteiger partial charge in [-0.3, -0.25) is 19.7 Å². The number of benzene rings is 4. The van der Waals surface area contributed by atoms with Crippen LogP contribution in [0.4, 0.5) is 31.5 Å². The zero-order valence-corrected chi connectivity index (χ0v) is 30.3. The Morgan fingerprint density at radius 3 is 1.64 bits per heavy atom. The van der Waals surface area contributed by atoms with Gasteiger partial charge in [0.05, 0.1) is 47.3 Å². The number of H-pyrrole nitrogens is 2. The van der Waals surface area contributed by atoms with E-state index in [1.54, 1.807) is 19.9 Å². The summed E-state index contributed by atoms with van der Waals surface area (Å²) in [5.74, 6) is -2.48. The normalized spacial score (nSPS) is 10.1. The molecule has 0 saturated carbocycles. The lowest BCUT2D eigenvalue weighted by atomic mass is 10.1. The van der Waals surface area contributed by atoms with E-state index >= 15 is 8.78 Å². The van der Waals surface area contributed by atoms with Gasteiger partial charge in [0.1, 0.15) is 11.5 Å². The number of nitrogens with zero attached hydrogens (tertiary/aromatic N) is 7. The number of nitrogens with two attached hydrogens (primary N) is 1. The number of rotatable bonds is 9. The molecular formula is C40H26F2N10O6. The molecular weight excluding hydrogens is 754 g/mol. The average Bonchev–Trinajstić information content (AvgIpc) is 3.21. The van der Waals surface area contributed by atoms with Crippen LogP contribution in [0.1, 0.15) is 44.8 Å². The Bertz CT molecular complexity index is 2840. The van der Waals surface area contributed by atoms with E-state index in [1.165, 1.54) is 60.7 Å². The third kappa shape index (κ3) is 9.49. The summed E-state index contributed by atoms with van der Waals surface area (Å²) in [4.78, 5) is 39.9. The van der Waals surface area contributed by atoms with Crippen LogP contribution in [0.25, 0.3) is 9.69 Å². The van der Waals surface area contributed by atoms with Crippen molar-refractivity contribution >= 4 is 22.7 Å². The first kappa shape index (κ1) is 40.4. The number of aromatic amines is 2. The SMILES string of the molecule is [C-]#[N+]c1cc(C#N)cc(Oc2c(N)ccc(Cc3cc(C)c(=O)[nH]n3)c2F)c1.[C-]#[N+]c1cc(C#N)cc(Oc2c([N+](=O)[O-])ccc(Cc3cc(C)c(=O)[nH]n3)c2F)c1. The Morgan fingerprint density at radius 2 is 1.21 bits per heavy atom. The third-order valence-electron chi connectivity index (χ3n) is 8.13. The lowest BCUT2D eigenvalue weighted by Crippen LogP contribution is -2.13. The molecule has 4 N–H and O–H groups in total. The minimum atomic E-state index is -0.985. The maximum absolute atomic E-state index is 15.2. The Labute approximate surface area is 326 Å². The number of aromatic nitrogens is 4. The van der Waals surface area contributed by atoms with Crippen molar-refractivity contribution in [1.82, 2.24) is 20.4 Å². The minimum Gasteiger partial charge on any atom is -0.453 e. The highest BCUT2D eigenvalue weighted by molar-refractivity contribution is 5.61. The van der Waals surface area contributed by atoms with E-state index in [0.717, 1.165) is 6.07 Å². The molecule has 0 fully saturated rings. The first-order chi connectivity index (χ1) is 27.7. The molecule has 2 heterocycles. The maximum Gasteiger partial charge on any atom is 0.314 e. The Hall–Kier alpha value is -8.74. The molecule has 0 bridgehead atoms. The minimum absolute atomic E-state index is 0.0522. The molecule has 6 aromatic rings. The highest BCUT2D eigenvalue weighted by Gasteiger charge is 2.25. The van der Waals surface area contributed by atoms with Crippen LogP contribution in [-0.2, 0) is 12.8 Å². The van der Waals surface area contributed by atoms with Crippen LogP contribution in [0.3, 0.4) is 0 Å². The molecule has 0 unspecified atom stereocenters. The largest absolute Gasteiger partial charge is 0.453 e. The van der Waals surface area contributed by atoms with Gasteiger partial charge in [-0.15, -0.1) is 0 Å². The summed E-state index contributed by atoms with van der Waals surface area (Å²) in [6, 6.07) is 20.2. The Morgan fingerprint density at radius 1 is 0.759 bits per heavy atom. The zero-order chi connectivity index (χ0) is 42.1. The molecule has 18 heteroatoms. The Balaban J connectivity index is 0.000000221. The first-order valence-corrected chi connectivity index (χ1v) is 16.6. The molecule has 0 atom stereocenters. The van der Waals surface area contributed by atoms with Gasteiger partial charge < -0.3 is 15.2 Å². The number of nitriles is 2. The van der Waals surface area contributed by atoms with Crippen LogP contribution < -0.4 is 26.3 Å². The highest BCUT2D eigenvalue weighted by atomic mass is 19.1. The number of hydrogen-bond donors (Lipinski definition) is 3. The zero-order valence-electron chi connectivity index (χ0n) is 30.3. The predicted molar refractivity (Wildman–Crippen MR) is 204 cm³/mol. The van der Waals surface area contributed by atoms with Gasteiger partial charge in [0.15, 0.2) is 28.8 Å². The molecule has 0 amide bonds. The third-order valence-corrected chi connectivity index (χ3v) is 8.13. The molecule has 0 radical (unpaired) electrons. The highest BCUT2D eigenvalue weighted by Crippen LogP contribution is 2.38. The van der Waals surface area contributed by atoms with Crippen LogP contribution in [0, 0.1) is 71.4 Å². The average molecular weight is 781 g/mol. The van der Waals surface area contributed by atoms with Crippen LogP contribution in [0.5, 0.6) is 23.0 Å².